The second-order valence-corrected chi connectivity index (χ2v) is 6.72. The molecule has 3 heteroatoms. The summed E-state index contributed by atoms with van der Waals surface area (Å²) in [5, 5.41) is 3.56. The first-order valence-corrected chi connectivity index (χ1v) is 8.82. The van der Waals surface area contributed by atoms with Crippen LogP contribution in [0.5, 0.6) is 0 Å². The third-order valence-corrected chi connectivity index (χ3v) is 4.60. The van der Waals surface area contributed by atoms with Crippen LogP contribution in [0.4, 0.5) is 0 Å². The Bertz CT molecular complexity index is 627. The quantitative estimate of drug-likeness (QED) is 0.886. The molecule has 1 heterocycles. The van der Waals surface area contributed by atoms with Crippen LogP contribution in [0.3, 0.4) is 0 Å². The third-order valence-electron chi connectivity index (χ3n) is 4.60. The number of benzene rings is 2. The lowest BCUT2D eigenvalue weighted by Crippen LogP contribution is -2.34. The summed E-state index contributed by atoms with van der Waals surface area (Å²) in [6.45, 7) is 4.30. The molecule has 0 amide bonds. The molecule has 2 aromatic carbocycles. The molecule has 24 heavy (non-hydrogen) atoms. The molecule has 1 unspecified atom stereocenters. The van der Waals surface area contributed by atoms with Crippen molar-refractivity contribution in [1.82, 2.24) is 10.2 Å². The standard InChI is InChI=1S/C21H26N2O/c24-21-12-11-20(14-22-13-18-7-3-1-4-8-18)16-23(17-21)15-19-9-5-2-6-10-19/h1-10,20,22H,11-17H2. The van der Waals surface area contributed by atoms with Crippen molar-refractivity contribution in [2.45, 2.75) is 25.9 Å². The maximum absolute atomic E-state index is 12.1. The van der Waals surface area contributed by atoms with Crippen LogP contribution in [0, 0.1) is 5.92 Å². The van der Waals surface area contributed by atoms with Crippen molar-refractivity contribution in [2.75, 3.05) is 19.6 Å². The molecular formula is C21H26N2O. The highest BCUT2D eigenvalue weighted by atomic mass is 16.1. The number of hydrogen-bond donors (Lipinski definition) is 1. The lowest BCUT2D eigenvalue weighted by Gasteiger charge is -2.24. The SMILES string of the molecule is O=C1CCC(CNCc2ccccc2)CN(Cc2ccccc2)C1. The summed E-state index contributed by atoms with van der Waals surface area (Å²) < 4.78 is 0. The van der Waals surface area contributed by atoms with E-state index in [1.165, 1.54) is 11.1 Å². The van der Waals surface area contributed by atoms with E-state index in [0.717, 1.165) is 32.6 Å². The molecule has 0 spiro atoms. The third kappa shape index (κ3) is 5.29. The minimum Gasteiger partial charge on any atom is -0.312 e. The summed E-state index contributed by atoms with van der Waals surface area (Å²) in [5.74, 6) is 0.903. The minimum atomic E-state index is 0.372. The molecule has 1 fully saturated rings. The molecule has 0 aliphatic carbocycles. The smallest absolute Gasteiger partial charge is 0.146 e. The van der Waals surface area contributed by atoms with Crippen LogP contribution in [0.15, 0.2) is 60.7 Å². The van der Waals surface area contributed by atoms with Crippen molar-refractivity contribution in [3.05, 3.63) is 71.8 Å². The molecule has 3 rings (SSSR count). The van der Waals surface area contributed by atoms with Gasteiger partial charge in [-0.2, -0.15) is 0 Å². The van der Waals surface area contributed by atoms with Gasteiger partial charge in [0, 0.05) is 26.1 Å². The summed E-state index contributed by atoms with van der Waals surface area (Å²) in [7, 11) is 0. The van der Waals surface area contributed by atoms with Crippen molar-refractivity contribution in [3.63, 3.8) is 0 Å². The molecule has 2 aromatic rings. The van der Waals surface area contributed by atoms with E-state index >= 15 is 0 Å². The van der Waals surface area contributed by atoms with Gasteiger partial charge in [-0.05, 0) is 30.0 Å². The highest BCUT2D eigenvalue weighted by Crippen LogP contribution is 2.16. The summed E-state index contributed by atoms with van der Waals surface area (Å²) in [4.78, 5) is 14.4. The molecule has 1 N–H and O–H groups in total. The van der Waals surface area contributed by atoms with Crippen molar-refractivity contribution >= 4 is 5.78 Å². The first-order chi connectivity index (χ1) is 11.8. The van der Waals surface area contributed by atoms with Gasteiger partial charge in [-0.3, -0.25) is 9.69 Å². The van der Waals surface area contributed by atoms with Crippen molar-refractivity contribution in [1.29, 1.82) is 0 Å². The summed E-state index contributed by atoms with van der Waals surface area (Å²) in [5.41, 5.74) is 2.59. The lowest BCUT2D eigenvalue weighted by atomic mass is 10.0. The van der Waals surface area contributed by atoms with Crippen LogP contribution in [0.1, 0.15) is 24.0 Å². The zero-order valence-electron chi connectivity index (χ0n) is 14.2. The molecule has 126 valence electrons. The Hall–Kier alpha value is -1.97. The maximum atomic E-state index is 12.1. The first kappa shape index (κ1) is 16.9. The molecule has 1 atom stereocenters. The van der Waals surface area contributed by atoms with E-state index in [2.05, 4.69) is 58.7 Å². The van der Waals surface area contributed by atoms with E-state index in [4.69, 9.17) is 0 Å². The molecule has 3 nitrogen and oxygen atoms in total. The second kappa shape index (κ2) is 8.76. The van der Waals surface area contributed by atoms with Gasteiger partial charge in [-0.15, -0.1) is 0 Å². The second-order valence-electron chi connectivity index (χ2n) is 6.72. The van der Waals surface area contributed by atoms with Crippen molar-refractivity contribution < 1.29 is 4.79 Å². The fourth-order valence-corrected chi connectivity index (χ4v) is 3.36. The monoisotopic (exact) mass is 322 g/mol. The maximum Gasteiger partial charge on any atom is 0.146 e. The zero-order chi connectivity index (χ0) is 16.6. The van der Waals surface area contributed by atoms with Gasteiger partial charge >= 0.3 is 0 Å². The number of carbonyl (C=O) groups excluding carboxylic acids is 1. The average molecular weight is 322 g/mol. The Morgan fingerprint density at radius 2 is 1.62 bits per heavy atom. The van der Waals surface area contributed by atoms with Gasteiger partial charge in [-0.1, -0.05) is 60.7 Å². The summed E-state index contributed by atoms with van der Waals surface area (Å²) >= 11 is 0. The Balaban J connectivity index is 1.52. The van der Waals surface area contributed by atoms with Gasteiger partial charge in [-0.25, -0.2) is 0 Å². The van der Waals surface area contributed by atoms with Gasteiger partial charge in [0.05, 0.1) is 6.54 Å². The van der Waals surface area contributed by atoms with Gasteiger partial charge in [0.15, 0.2) is 0 Å². The first-order valence-electron chi connectivity index (χ1n) is 8.82. The van der Waals surface area contributed by atoms with Gasteiger partial charge in [0.1, 0.15) is 5.78 Å². The number of rotatable bonds is 6. The van der Waals surface area contributed by atoms with E-state index in [9.17, 15) is 4.79 Å². The number of Topliss-reactive ketones (excluding diaryl/α,β-unsaturated/α-hetero) is 1. The topological polar surface area (TPSA) is 32.3 Å². The Kier molecular flexibility index (Phi) is 6.16. The average Bonchev–Trinajstić information content (AvgIpc) is 2.78. The molecule has 1 saturated heterocycles. The van der Waals surface area contributed by atoms with Gasteiger partial charge < -0.3 is 5.32 Å². The minimum absolute atomic E-state index is 0.372. The largest absolute Gasteiger partial charge is 0.312 e. The van der Waals surface area contributed by atoms with Crippen LogP contribution in [0.25, 0.3) is 0 Å². The van der Waals surface area contributed by atoms with E-state index < -0.39 is 0 Å². The molecule has 0 bridgehead atoms. The number of nitrogens with one attached hydrogen (secondary N) is 1. The van der Waals surface area contributed by atoms with Crippen LogP contribution in [0.2, 0.25) is 0 Å². The van der Waals surface area contributed by atoms with Crippen LogP contribution >= 0.6 is 0 Å². The van der Waals surface area contributed by atoms with E-state index in [-0.39, 0.29) is 0 Å². The number of likely N-dealkylation sites (tertiary alicyclic amines) is 1. The Morgan fingerprint density at radius 3 is 2.33 bits per heavy atom. The van der Waals surface area contributed by atoms with E-state index in [1.54, 1.807) is 0 Å². The number of nitrogens with zero attached hydrogens (tertiary/aromatic N) is 1. The highest BCUT2D eigenvalue weighted by Gasteiger charge is 2.22. The number of hydrogen-bond acceptors (Lipinski definition) is 3. The molecular weight excluding hydrogens is 296 g/mol. The van der Waals surface area contributed by atoms with E-state index in [1.807, 2.05) is 12.1 Å². The lowest BCUT2D eigenvalue weighted by molar-refractivity contribution is -0.119. The molecule has 0 radical (unpaired) electrons. The predicted octanol–water partition coefficient (Wildman–Crippen LogP) is 3.26. The highest BCUT2D eigenvalue weighted by molar-refractivity contribution is 5.80. The number of ketones is 1. The molecule has 1 aliphatic rings. The van der Waals surface area contributed by atoms with Gasteiger partial charge in [0.25, 0.3) is 0 Å². The molecule has 1 aliphatic heterocycles. The van der Waals surface area contributed by atoms with Gasteiger partial charge in [0.2, 0.25) is 0 Å². The normalized spacial score (nSPS) is 19.2. The van der Waals surface area contributed by atoms with Crippen LogP contribution in [-0.4, -0.2) is 30.3 Å². The fourth-order valence-electron chi connectivity index (χ4n) is 3.36. The molecule has 0 aromatic heterocycles. The predicted molar refractivity (Wildman–Crippen MR) is 97.6 cm³/mol. The summed E-state index contributed by atoms with van der Waals surface area (Å²) in [6.07, 6.45) is 1.70. The van der Waals surface area contributed by atoms with Crippen molar-refractivity contribution in [2.24, 2.45) is 5.92 Å². The Labute approximate surface area is 144 Å². The van der Waals surface area contributed by atoms with Crippen molar-refractivity contribution in [3.8, 4) is 0 Å². The molecule has 0 saturated carbocycles. The Morgan fingerprint density at radius 1 is 0.958 bits per heavy atom. The fraction of sp³-hybridized carbons (Fsp3) is 0.381. The van der Waals surface area contributed by atoms with Crippen LogP contribution in [-0.2, 0) is 17.9 Å². The summed E-state index contributed by atoms with van der Waals surface area (Å²) in [6, 6.07) is 20.9. The van der Waals surface area contributed by atoms with E-state index in [0.29, 0.717) is 24.7 Å². The number of carbonyl (C=O) groups is 1. The zero-order valence-corrected chi connectivity index (χ0v) is 14.2. The van der Waals surface area contributed by atoms with Crippen LogP contribution < -0.4 is 5.32 Å².